The summed E-state index contributed by atoms with van der Waals surface area (Å²) in [6.45, 7) is 6.02. The molecule has 7 nitrogen and oxygen atoms in total. The van der Waals surface area contributed by atoms with Gasteiger partial charge in [0, 0.05) is 33.6 Å². The highest BCUT2D eigenvalue weighted by molar-refractivity contribution is 6.31. The van der Waals surface area contributed by atoms with Crippen LogP contribution in [0.15, 0.2) is 87.2 Å². The van der Waals surface area contributed by atoms with Crippen molar-refractivity contribution < 1.29 is 4.42 Å². The van der Waals surface area contributed by atoms with Gasteiger partial charge in [0.15, 0.2) is 5.76 Å². The molecule has 4 heterocycles. The molecule has 0 radical (unpaired) electrons. The van der Waals surface area contributed by atoms with E-state index in [4.69, 9.17) is 21.0 Å². The fraction of sp³-hybridized carbons (Fsp3) is 0.103. The molecule has 0 unspecified atom stereocenters. The van der Waals surface area contributed by atoms with Crippen molar-refractivity contribution in [2.75, 3.05) is 0 Å². The van der Waals surface area contributed by atoms with Crippen LogP contribution in [0.3, 0.4) is 0 Å². The molecule has 0 aliphatic carbocycles. The summed E-state index contributed by atoms with van der Waals surface area (Å²) in [6, 6.07) is 20.4. The van der Waals surface area contributed by atoms with Crippen LogP contribution < -0.4 is 5.56 Å². The van der Waals surface area contributed by atoms with Gasteiger partial charge >= 0.3 is 0 Å². The lowest BCUT2D eigenvalue weighted by molar-refractivity contribution is 0.616. The van der Waals surface area contributed by atoms with Gasteiger partial charge in [-0.15, -0.1) is 0 Å². The van der Waals surface area contributed by atoms with Gasteiger partial charge in [-0.3, -0.25) is 4.79 Å². The first-order valence-electron chi connectivity index (χ1n) is 11.8. The Morgan fingerprint density at radius 2 is 1.84 bits per heavy atom. The third-order valence-corrected chi connectivity index (χ3v) is 6.60. The molecule has 0 N–H and O–H groups in total. The summed E-state index contributed by atoms with van der Waals surface area (Å²) < 4.78 is 9.40. The van der Waals surface area contributed by atoms with Gasteiger partial charge in [0.05, 0.1) is 17.1 Å². The van der Waals surface area contributed by atoms with Crippen LogP contribution in [0.2, 0.25) is 5.02 Å². The zero-order valence-corrected chi connectivity index (χ0v) is 21.2. The summed E-state index contributed by atoms with van der Waals surface area (Å²) in [5, 5.41) is 6.49. The molecule has 4 aromatic heterocycles. The quantitative estimate of drug-likeness (QED) is 0.257. The maximum Gasteiger partial charge on any atom is 0.282 e. The van der Waals surface area contributed by atoms with Gasteiger partial charge in [-0.2, -0.15) is 9.78 Å². The maximum absolute atomic E-state index is 13.6. The van der Waals surface area contributed by atoms with Crippen molar-refractivity contribution in [2.45, 2.75) is 20.8 Å². The number of nitrogens with zero attached hydrogens (tertiary/aromatic N) is 5. The first-order chi connectivity index (χ1) is 17.9. The third kappa shape index (κ3) is 4.03. The van der Waals surface area contributed by atoms with E-state index in [-0.39, 0.29) is 5.56 Å². The van der Waals surface area contributed by atoms with Crippen LogP contribution in [0.4, 0.5) is 0 Å². The minimum Gasteiger partial charge on any atom is -0.453 e. The molecule has 0 saturated carbocycles. The Bertz CT molecular complexity index is 1890. The van der Waals surface area contributed by atoms with Gasteiger partial charge < -0.3 is 8.98 Å². The van der Waals surface area contributed by atoms with Crippen LogP contribution in [0, 0.1) is 20.8 Å². The van der Waals surface area contributed by atoms with E-state index in [1.165, 1.54) is 4.68 Å². The SMILES string of the molecule is Cc1ccc(-n2c(C)cc(C=Nn3c(-c4cc5cc(Cl)ccc5o4)nc4ccccc4c3=O)c2C)nc1. The van der Waals surface area contributed by atoms with Gasteiger partial charge in [-0.25, -0.2) is 9.97 Å². The van der Waals surface area contributed by atoms with Crippen molar-refractivity contribution >= 4 is 39.7 Å². The summed E-state index contributed by atoms with van der Waals surface area (Å²) in [4.78, 5) is 22.9. The van der Waals surface area contributed by atoms with Crippen molar-refractivity contribution in [3.8, 4) is 17.4 Å². The number of furan rings is 1. The number of pyridine rings is 1. The minimum atomic E-state index is -0.288. The standard InChI is InChI=1S/C29H22ClN5O2/c1-17-8-11-27(31-15-17)34-18(2)12-21(19(34)3)16-32-35-28(33-24-7-5-4-6-23(24)29(35)36)26-14-20-13-22(30)9-10-25(20)37-26/h4-16H,1-3H3. The van der Waals surface area contributed by atoms with E-state index in [0.29, 0.717) is 33.1 Å². The molecule has 6 rings (SSSR count). The maximum atomic E-state index is 13.6. The third-order valence-electron chi connectivity index (χ3n) is 6.36. The van der Waals surface area contributed by atoms with Crippen molar-refractivity contribution in [1.82, 2.24) is 19.2 Å². The molecule has 0 bridgehead atoms. The Labute approximate surface area is 217 Å². The van der Waals surface area contributed by atoms with Crippen molar-refractivity contribution in [2.24, 2.45) is 5.10 Å². The molecule has 37 heavy (non-hydrogen) atoms. The Balaban J connectivity index is 1.51. The smallest absolute Gasteiger partial charge is 0.282 e. The fourth-order valence-electron chi connectivity index (χ4n) is 4.50. The predicted molar refractivity (Wildman–Crippen MR) is 147 cm³/mol. The molecule has 0 amide bonds. The van der Waals surface area contributed by atoms with Gasteiger partial charge in [-0.1, -0.05) is 29.8 Å². The highest BCUT2D eigenvalue weighted by Gasteiger charge is 2.17. The second-order valence-electron chi connectivity index (χ2n) is 8.96. The molecular formula is C29H22ClN5O2. The van der Waals surface area contributed by atoms with Gasteiger partial charge in [0.2, 0.25) is 5.82 Å². The average Bonchev–Trinajstić information content (AvgIpc) is 3.43. The average molecular weight is 508 g/mol. The molecule has 182 valence electrons. The van der Waals surface area contributed by atoms with E-state index < -0.39 is 0 Å². The highest BCUT2D eigenvalue weighted by atomic mass is 35.5. The van der Waals surface area contributed by atoms with E-state index in [2.05, 4.69) is 14.7 Å². The van der Waals surface area contributed by atoms with E-state index in [1.54, 1.807) is 30.5 Å². The molecule has 0 saturated heterocycles. The monoisotopic (exact) mass is 507 g/mol. The van der Waals surface area contributed by atoms with Crippen LogP contribution in [-0.2, 0) is 0 Å². The number of para-hydroxylation sites is 1. The normalized spacial score (nSPS) is 11.8. The van der Waals surface area contributed by atoms with E-state index in [1.807, 2.05) is 69.4 Å². The van der Waals surface area contributed by atoms with E-state index in [9.17, 15) is 4.79 Å². The molecule has 0 spiro atoms. The van der Waals surface area contributed by atoms with Crippen LogP contribution in [0.5, 0.6) is 0 Å². The Kier molecular flexibility index (Phi) is 5.50. The lowest BCUT2D eigenvalue weighted by Crippen LogP contribution is -2.20. The number of halogens is 1. The number of rotatable bonds is 4. The van der Waals surface area contributed by atoms with Gasteiger partial charge in [0.1, 0.15) is 11.4 Å². The van der Waals surface area contributed by atoms with Gasteiger partial charge in [0.25, 0.3) is 5.56 Å². The molecule has 8 heteroatoms. The minimum absolute atomic E-state index is 0.288. The molecule has 6 aromatic rings. The first kappa shape index (κ1) is 22.9. The summed E-state index contributed by atoms with van der Waals surface area (Å²) in [7, 11) is 0. The number of aryl methyl sites for hydroxylation is 2. The lowest BCUT2D eigenvalue weighted by atomic mass is 10.2. The number of fused-ring (bicyclic) bond motifs is 2. The van der Waals surface area contributed by atoms with E-state index in [0.717, 1.165) is 33.7 Å². The lowest BCUT2D eigenvalue weighted by Gasteiger charge is -2.09. The number of hydrogen-bond acceptors (Lipinski definition) is 5. The molecular weight excluding hydrogens is 486 g/mol. The predicted octanol–water partition coefficient (Wildman–Crippen LogP) is 6.46. The second-order valence-corrected chi connectivity index (χ2v) is 9.40. The summed E-state index contributed by atoms with van der Waals surface area (Å²) in [5.74, 6) is 1.55. The topological polar surface area (TPSA) is 78.2 Å². The largest absolute Gasteiger partial charge is 0.453 e. The Hall–Kier alpha value is -4.49. The number of benzene rings is 2. The molecule has 0 aliphatic rings. The van der Waals surface area contributed by atoms with Crippen molar-refractivity contribution in [1.29, 1.82) is 0 Å². The zero-order chi connectivity index (χ0) is 25.7. The highest BCUT2D eigenvalue weighted by Crippen LogP contribution is 2.29. The molecule has 0 aliphatic heterocycles. The Morgan fingerprint density at radius 3 is 2.65 bits per heavy atom. The fourth-order valence-corrected chi connectivity index (χ4v) is 4.68. The molecule has 2 aromatic carbocycles. The van der Waals surface area contributed by atoms with Crippen LogP contribution in [0.1, 0.15) is 22.5 Å². The van der Waals surface area contributed by atoms with Crippen molar-refractivity contribution in [3.05, 3.63) is 111 Å². The number of hydrogen-bond donors (Lipinski definition) is 0. The zero-order valence-electron chi connectivity index (χ0n) is 20.4. The number of aromatic nitrogens is 4. The van der Waals surface area contributed by atoms with Crippen molar-refractivity contribution in [3.63, 3.8) is 0 Å². The van der Waals surface area contributed by atoms with Crippen LogP contribution in [-0.4, -0.2) is 25.4 Å². The van der Waals surface area contributed by atoms with Crippen LogP contribution in [0.25, 0.3) is 39.3 Å². The van der Waals surface area contributed by atoms with Gasteiger partial charge in [-0.05, 0) is 74.9 Å². The molecule has 0 atom stereocenters. The summed E-state index contributed by atoms with van der Waals surface area (Å²) >= 11 is 6.17. The van der Waals surface area contributed by atoms with E-state index >= 15 is 0 Å². The molecule has 0 fully saturated rings. The first-order valence-corrected chi connectivity index (χ1v) is 12.1. The second kappa shape index (κ2) is 8.87. The summed E-state index contributed by atoms with van der Waals surface area (Å²) in [6.07, 6.45) is 3.52. The van der Waals surface area contributed by atoms with Crippen LogP contribution >= 0.6 is 11.6 Å². The Morgan fingerprint density at radius 1 is 1.00 bits per heavy atom. The summed E-state index contributed by atoms with van der Waals surface area (Å²) in [5.41, 5.74) is 4.85.